The first kappa shape index (κ1) is 12.8. The van der Waals surface area contributed by atoms with Crippen molar-refractivity contribution in [2.45, 2.75) is 5.92 Å². The molecule has 0 bridgehead atoms. The predicted molar refractivity (Wildman–Crippen MR) is 62.1 cm³/mol. The third-order valence-corrected chi connectivity index (χ3v) is 2.83. The fourth-order valence-corrected chi connectivity index (χ4v) is 2.04. The molecule has 2 atom stereocenters. The van der Waals surface area contributed by atoms with Gasteiger partial charge in [0.15, 0.2) is 0 Å². The van der Waals surface area contributed by atoms with E-state index in [1.54, 1.807) is 18.2 Å². The summed E-state index contributed by atoms with van der Waals surface area (Å²) in [6, 6.07) is 6.81. The van der Waals surface area contributed by atoms with Crippen molar-refractivity contribution in [2.24, 2.45) is 5.92 Å². The Balaban J connectivity index is 0.00000128. The van der Waals surface area contributed by atoms with Gasteiger partial charge in [-0.2, -0.15) is 0 Å². The Labute approximate surface area is 99.7 Å². The van der Waals surface area contributed by atoms with Crippen LogP contribution in [0.2, 0.25) is 0 Å². The third-order valence-electron chi connectivity index (χ3n) is 2.83. The first-order chi connectivity index (χ1) is 7.18. The molecule has 0 amide bonds. The van der Waals surface area contributed by atoms with E-state index in [-0.39, 0.29) is 24.1 Å². The van der Waals surface area contributed by atoms with Crippen LogP contribution in [0.5, 0.6) is 5.75 Å². The Hall–Kier alpha value is -1.26. The smallest absolute Gasteiger partial charge is 0.308 e. The zero-order valence-electron chi connectivity index (χ0n) is 8.59. The number of benzene rings is 1. The average Bonchev–Trinajstić information content (AvgIpc) is 2.65. The number of carbonyl (C=O) groups is 1. The van der Waals surface area contributed by atoms with Crippen molar-refractivity contribution >= 4 is 18.4 Å². The quantitative estimate of drug-likeness (QED) is 0.730. The molecule has 1 heterocycles. The van der Waals surface area contributed by atoms with Gasteiger partial charge in [0.25, 0.3) is 0 Å². The van der Waals surface area contributed by atoms with Crippen LogP contribution in [0.25, 0.3) is 0 Å². The van der Waals surface area contributed by atoms with E-state index < -0.39 is 11.9 Å². The maximum absolute atomic E-state index is 11.0. The van der Waals surface area contributed by atoms with Crippen LogP contribution >= 0.6 is 12.4 Å². The van der Waals surface area contributed by atoms with Crippen molar-refractivity contribution < 1.29 is 15.0 Å². The lowest BCUT2D eigenvalue weighted by Crippen LogP contribution is -2.20. The largest absolute Gasteiger partial charge is 0.508 e. The normalized spacial score (nSPS) is 23.8. The highest BCUT2D eigenvalue weighted by atomic mass is 35.5. The van der Waals surface area contributed by atoms with E-state index in [0.717, 1.165) is 5.56 Å². The minimum atomic E-state index is -0.784. The van der Waals surface area contributed by atoms with Gasteiger partial charge in [0, 0.05) is 19.0 Å². The van der Waals surface area contributed by atoms with Gasteiger partial charge in [-0.05, 0) is 17.7 Å². The van der Waals surface area contributed by atoms with Crippen molar-refractivity contribution in [1.82, 2.24) is 5.32 Å². The van der Waals surface area contributed by atoms with E-state index in [9.17, 15) is 9.90 Å². The first-order valence-corrected chi connectivity index (χ1v) is 4.91. The topological polar surface area (TPSA) is 69.6 Å². The molecular weight excluding hydrogens is 230 g/mol. The summed E-state index contributed by atoms with van der Waals surface area (Å²) in [6.45, 7) is 1.15. The summed E-state index contributed by atoms with van der Waals surface area (Å²) in [4.78, 5) is 11.0. The number of aliphatic carboxylic acids is 1. The number of phenolic OH excluding ortho intramolecular Hbond substituents is 1. The molecule has 0 saturated carbocycles. The molecule has 2 unspecified atom stereocenters. The van der Waals surface area contributed by atoms with Crippen LogP contribution in [0, 0.1) is 5.92 Å². The second-order valence-electron chi connectivity index (χ2n) is 3.80. The molecule has 1 aromatic carbocycles. The van der Waals surface area contributed by atoms with Crippen molar-refractivity contribution in [3.63, 3.8) is 0 Å². The lowest BCUT2D eigenvalue weighted by Gasteiger charge is -2.14. The van der Waals surface area contributed by atoms with Gasteiger partial charge in [-0.15, -0.1) is 12.4 Å². The highest BCUT2D eigenvalue weighted by Crippen LogP contribution is 2.29. The molecule has 1 aliphatic heterocycles. The zero-order chi connectivity index (χ0) is 10.8. The van der Waals surface area contributed by atoms with Crippen LogP contribution in [0.3, 0.4) is 0 Å². The summed E-state index contributed by atoms with van der Waals surface area (Å²) in [5.74, 6) is -1.04. The number of rotatable bonds is 2. The summed E-state index contributed by atoms with van der Waals surface area (Å²) in [7, 11) is 0. The molecule has 3 N–H and O–H groups in total. The summed E-state index contributed by atoms with van der Waals surface area (Å²) >= 11 is 0. The van der Waals surface area contributed by atoms with Crippen LogP contribution in [0.4, 0.5) is 0 Å². The standard InChI is InChI=1S/C11H13NO3.ClH/c13-8-3-1-2-7(4-8)9-5-12-6-10(9)11(14)15;/h1-4,9-10,12-13H,5-6H2,(H,14,15);1H. The highest BCUT2D eigenvalue weighted by Gasteiger charge is 2.33. The van der Waals surface area contributed by atoms with Gasteiger partial charge < -0.3 is 15.5 Å². The minimum absolute atomic E-state index is 0. The average molecular weight is 244 g/mol. The summed E-state index contributed by atoms with van der Waals surface area (Å²) in [6.07, 6.45) is 0. The molecule has 5 heteroatoms. The lowest BCUT2D eigenvalue weighted by atomic mass is 9.89. The Kier molecular flexibility index (Phi) is 4.15. The molecule has 2 rings (SSSR count). The maximum Gasteiger partial charge on any atom is 0.308 e. The first-order valence-electron chi connectivity index (χ1n) is 4.91. The van der Waals surface area contributed by atoms with Crippen molar-refractivity contribution in [2.75, 3.05) is 13.1 Å². The van der Waals surface area contributed by atoms with Gasteiger partial charge in [-0.1, -0.05) is 12.1 Å². The number of phenols is 1. The molecule has 1 saturated heterocycles. The predicted octanol–water partition coefficient (Wildman–Crippen LogP) is 1.20. The van der Waals surface area contributed by atoms with Gasteiger partial charge in [-0.25, -0.2) is 0 Å². The molecule has 0 aromatic heterocycles. The molecule has 0 aliphatic carbocycles. The van der Waals surface area contributed by atoms with Crippen LogP contribution in [0.15, 0.2) is 24.3 Å². The van der Waals surface area contributed by atoms with Gasteiger partial charge >= 0.3 is 5.97 Å². The number of halogens is 1. The molecule has 4 nitrogen and oxygen atoms in total. The Morgan fingerprint density at radius 3 is 2.75 bits per heavy atom. The number of carboxylic acids is 1. The lowest BCUT2D eigenvalue weighted by molar-refractivity contribution is -0.141. The van der Waals surface area contributed by atoms with Crippen LogP contribution in [0.1, 0.15) is 11.5 Å². The van der Waals surface area contributed by atoms with E-state index >= 15 is 0 Å². The molecule has 16 heavy (non-hydrogen) atoms. The number of hydrogen-bond acceptors (Lipinski definition) is 3. The molecule has 1 aliphatic rings. The second-order valence-corrected chi connectivity index (χ2v) is 3.80. The molecule has 1 aromatic rings. The summed E-state index contributed by atoms with van der Waals surface area (Å²) in [5.41, 5.74) is 0.882. The minimum Gasteiger partial charge on any atom is -0.508 e. The molecule has 88 valence electrons. The van der Waals surface area contributed by atoms with Crippen molar-refractivity contribution in [1.29, 1.82) is 0 Å². The van der Waals surface area contributed by atoms with E-state index in [1.807, 2.05) is 6.07 Å². The van der Waals surface area contributed by atoms with Crippen molar-refractivity contribution in [3.8, 4) is 5.75 Å². The maximum atomic E-state index is 11.0. The zero-order valence-corrected chi connectivity index (χ0v) is 9.41. The van der Waals surface area contributed by atoms with Gasteiger partial charge in [0.1, 0.15) is 5.75 Å². The number of aromatic hydroxyl groups is 1. The van der Waals surface area contributed by atoms with Crippen LogP contribution < -0.4 is 5.32 Å². The molecule has 0 radical (unpaired) electrons. The molecule has 1 fully saturated rings. The summed E-state index contributed by atoms with van der Waals surface area (Å²) < 4.78 is 0. The van der Waals surface area contributed by atoms with E-state index in [2.05, 4.69) is 5.32 Å². The monoisotopic (exact) mass is 243 g/mol. The highest BCUT2D eigenvalue weighted by molar-refractivity contribution is 5.85. The number of hydrogen-bond donors (Lipinski definition) is 3. The Morgan fingerprint density at radius 1 is 1.38 bits per heavy atom. The summed E-state index contributed by atoms with van der Waals surface area (Å²) in [5, 5.41) is 21.4. The fraction of sp³-hybridized carbons (Fsp3) is 0.364. The SMILES string of the molecule is Cl.O=C(O)C1CNCC1c1cccc(O)c1. The molecular formula is C11H14ClNO3. The van der Waals surface area contributed by atoms with E-state index in [0.29, 0.717) is 13.1 Å². The Bertz CT molecular complexity index is 383. The Morgan fingerprint density at radius 2 is 2.12 bits per heavy atom. The van der Waals surface area contributed by atoms with Crippen LogP contribution in [-0.2, 0) is 4.79 Å². The third kappa shape index (κ3) is 2.46. The molecule has 0 spiro atoms. The second kappa shape index (κ2) is 5.18. The number of nitrogens with one attached hydrogen (secondary N) is 1. The van der Waals surface area contributed by atoms with E-state index in [1.165, 1.54) is 0 Å². The number of carboxylic acid groups (broad SMARTS) is 1. The fourth-order valence-electron chi connectivity index (χ4n) is 2.04. The van der Waals surface area contributed by atoms with Crippen molar-refractivity contribution in [3.05, 3.63) is 29.8 Å². The van der Waals surface area contributed by atoms with Gasteiger partial charge in [-0.3, -0.25) is 4.79 Å². The van der Waals surface area contributed by atoms with Gasteiger partial charge in [0.2, 0.25) is 0 Å². The van der Waals surface area contributed by atoms with E-state index in [4.69, 9.17) is 5.11 Å². The van der Waals surface area contributed by atoms with Crippen LogP contribution in [-0.4, -0.2) is 29.3 Å². The van der Waals surface area contributed by atoms with Gasteiger partial charge in [0.05, 0.1) is 5.92 Å².